The number of rotatable bonds is 5. The minimum atomic E-state index is -3.58. The highest BCUT2D eigenvalue weighted by molar-refractivity contribution is 7.89. The molecular weight excluding hydrogens is 372 g/mol. The molecular formula is C22H24N2O3S. The summed E-state index contributed by atoms with van der Waals surface area (Å²) in [5.74, 6) is -0.121. The Hall–Kier alpha value is -2.44. The van der Waals surface area contributed by atoms with Gasteiger partial charge in [-0.2, -0.15) is 0 Å². The third-order valence-corrected chi connectivity index (χ3v) is 6.81. The van der Waals surface area contributed by atoms with Crippen LogP contribution in [0.3, 0.4) is 0 Å². The Kier molecular flexibility index (Phi) is 5.08. The number of nitrogens with one attached hydrogen (secondary N) is 1. The molecule has 1 aliphatic carbocycles. The second-order valence-electron chi connectivity index (χ2n) is 7.47. The number of nitrogens with zero attached hydrogens (tertiary/aromatic N) is 1. The Morgan fingerprint density at radius 3 is 2.50 bits per heavy atom. The average molecular weight is 397 g/mol. The van der Waals surface area contributed by atoms with Gasteiger partial charge in [0.25, 0.3) is 5.91 Å². The first kappa shape index (κ1) is 18.9. The van der Waals surface area contributed by atoms with Crippen LogP contribution < -0.4 is 4.72 Å². The molecule has 1 N–H and O–H groups in total. The van der Waals surface area contributed by atoms with Gasteiger partial charge in [-0.05, 0) is 55.0 Å². The molecule has 0 radical (unpaired) electrons. The highest BCUT2D eigenvalue weighted by Crippen LogP contribution is 2.26. The number of carbonyl (C=O) groups is 1. The number of hydrogen-bond acceptors (Lipinski definition) is 3. The minimum Gasteiger partial charge on any atom is -0.335 e. The quantitative estimate of drug-likeness (QED) is 0.843. The lowest BCUT2D eigenvalue weighted by Gasteiger charge is -2.27. The van der Waals surface area contributed by atoms with Gasteiger partial charge >= 0.3 is 0 Å². The fourth-order valence-electron chi connectivity index (χ4n) is 3.43. The highest BCUT2D eigenvalue weighted by Gasteiger charge is 2.29. The second kappa shape index (κ2) is 7.53. The van der Waals surface area contributed by atoms with Crippen LogP contribution in [0.1, 0.15) is 40.7 Å². The minimum absolute atomic E-state index is 0.0362. The van der Waals surface area contributed by atoms with Crippen molar-refractivity contribution >= 4 is 21.5 Å². The number of aryl methyl sites for hydroxylation is 1. The van der Waals surface area contributed by atoms with E-state index in [-0.39, 0.29) is 16.8 Å². The first-order chi connectivity index (χ1) is 13.4. The smallest absolute Gasteiger partial charge is 0.254 e. The van der Waals surface area contributed by atoms with Crippen LogP contribution in [0.5, 0.6) is 0 Å². The molecule has 2 aliphatic rings. The Morgan fingerprint density at radius 2 is 1.86 bits per heavy atom. The van der Waals surface area contributed by atoms with Gasteiger partial charge < -0.3 is 4.90 Å². The zero-order valence-corrected chi connectivity index (χ0v) is 16.7. The predicted octanol–water partition coefficient (Wildman–Crippen LogP) is 3.37. The first-order valence-corrected chi connectivity index (χ1v) is 11.1. The Bertz CT molecular complexity index is 1030. The van der Waals surface area contributed by atoms with Crippen LogP contribution >= 0.6 is 0 Å². The van der Waals surface area contributed by atoms with E-state index >= 15 is 0 Å². The standard InChI is InChI=1S/C22H24N2O3S/c1-16-7-10-20(28(26,27)23-19-8-9-19)15-21(16)22(25)24-13-11-18(12-14-24)17-5-3-2-4-6-17/h2-7,10-11,15,19,23H,8-9,12-14H2,1H3. The van der Waals surface area contributed by atoms with Gasteiger partial charge in [-0.25, -0.2) is 13.1 Å². The summed E-state index contributed by atoms with van der Waals surface area (Å²) in [5.41, 5.74) is 3.67. The summed E-state index contributed by atoms with van der Waals surface area (Å²) in [6, 6.07) is 15.0. The topological polar surface area (TPSA) is 66.5 Å². The predicted molar refractivity (Wildman–Crippen MR) is 109 cm³/mol. The monoisotopic (exact) mass is 396 g/mol. The van der Waals surface area contributed by atoms with Gasteiger partial charge in [0.2, 0.25) is 10.0 Å². The third-order valence-electron chi connectivity index (χ3n) is 5.29. The zero-order chi connectivity index (χ0) is 19.7. The molecule has 1 heterocycles. The maximum absolute atomic E-state index is 13.1. The largest absolute Gasteiger partial charge is 0.335 e. The van der Waals surface area contributed by atoms with E-state index in [9.17, 15) is 13.2 Å². The molecule has 5 nitrogen and oxygen atoms in total. The summed E-state index contributed by atoms with van der Waals surface area (Å²) in [5, 5.41) is 0. The van der Waals surface area contributed by atoms with Gasteiger partial charge in [0.15, 0.2) is 0 Å². The molecule has 4 rings (SSSR count). The summed E-state index contributed by atoms with van der Waals surface area (Å²) < 4.78 is 27.7. The molecule has 0 bridgehead atoms. The number of hydrogen-bond donors (Lipinski definition) is 1. The van der Waals surface area contributed by atoms with Crippen molar-refractivity contribution in [3.05, 3.63) is 71.3 Å². The van der Waals surface area contributed by atoms with Crippen LogP contribution in [0.15, 0.2) is 59.5 Å². The van der Waals surface area contributed by atoms with E-state index in [0.29, 0.717) is 18.7 Å². The van der Waals surface area contributed by atoms with Crippen molar-refractivity contribution in [1.82, 2.24) is 9.62 Å². The lowest BCUT2D eigenvalue weighted by Crippen LogP contribution is -2.35. The van der Waals surface area contributed by atoms with Crippen LogP contribution in [0, 0.1) is 6.92 Å². The molecule has 1 aliphatic heterocycles. The van der Waals surface area contributed by atoms with E-state index in [1.165, 1.54) is 17.2 Å². The molecule has 0 aromatic heterocycles. The summed E-state index contributed by atoms with van der Waals surface area (Å²) in [4.78, 5) is 15.0. The molecule has 1 amide bonds. The van der Waals surface area contributed by atoms with E-state index in [0.717, 1.165) is 24.8 Å². The van der Waals surface area contributed by atoms with Crippen molar-refractivity contribution in [2.45, 2.75) is 37.1 Å². The molecule has 0 spiro atoms. The second-order valence-corrected chi connectivity index (χ2v) is 9.18. The van der Waals surface area contributed by atoms with Crippen molar-refractivity contribution in [2.24, 2.45) is 0 Å². The zero-order valence-electron chi connectivity index (χ0n) is 15.9. The van der Waals surface area contributed by atoms with Gasteiger partial charge in [-0.15, -0.1) is 0 Å². The van der Waals surface area contributed by atoms with Gasteiger partial charge in [0, 0.05) is 24.7 Å². The molecule has 146 valence electrons. The average Bonchev–Trinajstić information content (AvgIpc) is 3.52. The third kappa shape index (κ3) is 4.03. The molecule has 0 saturated heterocycles. The maximum atomic E-state index is 13.1. The van der Waals surface area contributed by atoms with Crippen molar-refractivity contribution in [3.63, 3.8) is 0 Å². The molecule has 0 unspecified atom stereocenters. The number of carbonyl (C=O) groups excluding carboxylic acids is 1. The van der Waals surface area contributed by atoms with Crippen LogP contribution in [0.4, 0.5) is 0 Å². The Balaban J connectivity index is 1.53. The molecule has 1 fully saturated rings. The highest BCUT2D eigenvalue weighted by atomic mass is 32.2. The number of amides is 1. The molecule has 0 atom stereocenters. The maximum Gasteiger partial charge on any atom is 0.254 e. The van der Waals surface area contributed by atoms with E-state index in [4.69, 9.17) is 0 Å². The SMILES string of the molecule is Cc1ccc(S(=O)(=O)NC2CC2)cc1C(=O)N1CC=C(c2ccccc2)CC1. The van der Waals surface area contributed by atoms with Crippen molar-refractivity contribution in [1.29, 1.82) is 0 Å². The lowest BCUT2D eigenvalue weighted by atomic mass is 9.99. The van der Waals surface area contributed by atoms with Gasteiger partial charge in [-0.3, -0.25) is 4.79 Å². The van der Waals surface area contributed by atoms with Gasteiger partial charge in [0.05, 0.1) is 4.90 Å². The van der Waals surface area contributed by atoms with E-state index < -0.39 is 10.0 Å². The van der Waals surface area contributed by atoms with Crippen molar-refractivity contribution in [3.8, 4) is 0 Å². The van der Waals surface area contributed by atoms with Crippen molar-refractivity contribution < 1.29 is 13.2 Å². The number of sulfonamides is 1. The van der Waals surface area contributed by atoms with E-state index in [1.807, 2.05) is 25.1 Å². The summed E-state index contributed by atoms with van der Waals surface area (Å²) >= 11 is 0. The first-order valence-electron chi connectivity index (χ1n) is 9.61. The van der Waals surface area contributed by atoms with Crippen LogP contribution in [-0.4, -0.2) is 38.4 Å². The van der Waals surface area contributed by atoms with E-state index in [1.54, 1.807) is 17.0 Å². The lowest BCUT2D eigenvalue weighted by molar-refractivity contribution is 0.0772. The fourth-order valence-corrected chi connectivity index (χ4v) is 4.76. The summed E-state index contributed by atoms with van der Waals surface area (Å²) in [6.45, 7) is 2.99. The molecule has 1 saturated carbocycles. The fraction of sp³-hybridized carbons (Fsp3) is 0.318. The van der Waals surface area contributed by atoms with Crippen LogP contribution in [-0.2, 0) is 10.0 Å². The molecule has 2 aromatic carbocycles. The molecule has 28 heavy (non-hydrogen) atoms. The van der Waals surface area contributed by atoms with Gasteiger partial charge in [-0.1, -0.05) is 42.5 Å². The Labute approximate surface area is 166 Å². The van der Waals surface area contributed by atoms with Gasteiger partial charge in [0.1, 0.15) is 0 Å². The van der Waals surface area contributed by atoms with Crippen LogP contribution in [0.2, 0.25) is 0 Å². The summed E-state index contributed by atoms with van der Waals surface area (Å²) in [7, 11) is -3.58. The summed E-state index contributed by atoms with van der Waals surface area (Å²) in [6.07, 6.45) is 4.62. The normalized spacial score (nSPS) is 17.3. The van der Waals surface area contributed by atoms with Crippen LogP contribution in [0.25, 0.3) is 5.57 Å². The Morgan fingerprint density at radius 1 is 1.11 bits per heavy atom. The number of benzene rings is 2. The van der Waals surface area contributed by atoms with Crippen molar-refractivity contribution in [2.75, 3.05) is 13.1 Å². The molecule has 2 aromatic rings. The van der Waals surface area contributed by atoms with E-state index in [2.05, 4.69) is 22.9 Å². The molecule has 6 heteroatoms.